The second-order valence-electron chi connectivity index (χ2n) is 8.23. The third-order valence-electron chi connectivity index (χ3n) is 3.61. The number of hydrogen-bond donors (Lipinski definition) is 0. The van der Waals surface area contributed by atoms with Crippen molar-refractivity contribution in [2.45, 2.75) is 71.5 Å². The van der Waals surface area contributed by atoms with E-state index in [4.69, 9.17) is 12.7 Å². The Labute approximate surface area is 145 Å². The Morgan fingerprint density at radius 1 is 0.864 bits per heavy atom. The second-order valence-corrected chi connectivity index (χ2v) is 26.4. The van der Waals surface area contributed by atoms with Crippen molar-refractivity contribution < 1.29 is 12.7 Å². The van der Waals surface area contributed by atoms with Gasteiger partial charge in [-0.25, -0.2) is 0 Å². The van der Waals surface area contributed by atoms with Crippen molar-refractivity contribution in [1.29, 1.82) is 0 Å². The Morgan fingerprint density at radius 2 is 1.36 bits per heavy atom. The average molecular weight is 395 g/mol. The maximum Gasteiger partial charge on any atom is 0.322 e. The van der Waals surface area contributed by atoms with E-state index >= 15 is 0 Å². The molecule has 0 saturated carbocycles. The van der Waals surface area contributed by atoms with Crippen LogP contribution in [-0.4, -0.2) is 49.6 Å². The molecule has 0 fully saturated rings. The third-order valence-corrected chi connectivity index (χ3v) is 20.6. The van der Waals surface area contributed by atoms with E-state index in [1.807, 2.05) is 0 Å². The zero-order valence-corrected chi connectivity index (χ0v) is 21.8. The molecule has 0 N–H and O–H groups in total. The third kappa shape index (κ3) is 9.11. The van der Waals surface area contributed by atoms with Crippen LogP contribution in [0.3, 0.4) is 0 Å². The molecule has 22 heavy (non-hydrogen) atoms. The topological polar surface area (TPSA) is 27.7 Å². The lowest BCUT2D eigenvalue weighted by Crippen LogP contribution is -2.55. The molecule has 8 heteroatoms. The van der Waals surface area contributed by atoms with E-state index in [1.165, 1.54) is 10.9 Å². The standard InChI is InChI=1S/C14H38O3Si5/c1-14(19(4)5)20(6,7)16-22(10,11)17-21(8,9)15-12-13-18(2)3/h18-19H,1,12-13H2,2-11H3. The van der Waals surface area contributed by atoms with E-state index in [9.17, 15) is 0 Å². The molecule has 0 amide bonds. The summed E-state index contributed by atoms with van der Waals surface area (Å²) in [6.07, 6.45) is 0. The fourth-order valence-electron chi connectivity index (χ4n) is 2.56. The molecular weight excluding hydrogens is 357 g/mol. The second kappa shape index (κ2) is 8.70. The van der Waals surface area contributed by atoms with Crippen LogP contribution in [0.4, 0.5) is 0 Å². The van der Waals surface area contributed by atoms with Gasteiger partial charge in [0.25, 0.3) is 0 Å². The lowest BCUT2D eigenvalue weighted by molar-refractivity contribution is 0.242. The van der Waals surface area contributed by atoms with Gasteiger partial charge in [-0.15, -0.1) is 6.58 Å². The normalized spacial score (nSPS) is 14.0. The zero-order valence-electron chi connectivity index (χ0n) is 16.5. The Morgan fingerprint density at radius 3 is 1.77 bits per heavy atom. The molecule has 0 aromatic carbocycles. The molecule has 0 radical (unpaired) electrons. The van der Waals surface area contributed by atoms with E-state index in [1.54, 1.807) is 0 Å². The summed E-state index contributed by atoms with van der Waals surface area (Å²) in [4.78, 5) is 1.39. The van der Waals surface area contributed by atoms with Crippen LogP contribution in [0, 0.1) is 0 Å². The van der Waals surface area contributed by atoms with Crippen LogP contribution in [0.25, 0.3) is 0 Å². The van der Waals surface area contributed by atoms with Gasteiger partial charge in [0.05, 0.1) is 8.80 Å². The Bertz CT molecular complexity index is 367. The molecule has 132 valence electrons. The maximum atomic E-state index is 6.57. The quantitative estimate of drug-likeness (QED) is 0.518. The van der Waals surface area contributed by atoms with Crippen molar-refractivity contribution in [2.24, 2.45) is 0 Å². The summed E-state index contributed by atoms with van der Waals surface area (Å²) >= 11 is 0. The molecule has 0 bridgehead atoms. The number of hydrogen-bond acceptors (Lipinski definition) is 3. The van der Waals surface area contributed by atoms with Crippen LogP contribution in [0.5, 0.6) is 0 Å². The summed E-state index contributed by atoms with van der Waals surface area (Å²) in [5, 5.41) is 0. The molecule has 0 aliphatic rings. The van der Waals surface area contributed by atoms with Gasteiger partial charge in [-0.05, 0) is 45.3 Å². The highest BCUT2D eigenvalue weighted by molar-refractivity contribution is 6.98. The van der Waals surface area contributed by atoms with Crippen molar-refractivity contribution in [2.75, 3.05) is 6.61 Å². The first-order valence-electron chi connectivity index (χ1n) is 8.42. The molecule has 0 aromatic heterocycles. The van der Waals surface area contributed by atoms with Gasteiger partial charge >= 0.3 is 17.1 Å². The first-order valence-corrected chi connectivity index (χ1v) is 23.0. The van der Waals surface area contributed by atoms with Crippen LogP contribution in [0.1, 0.15) is 0 Å². The molecule has 3 nitrogen and oxygen atoms in total. The van der Waals surface area contributed by atoms with Crippen LogP contribution < -0.4 is 0 Å². The van der Waals surface area contributed by atoms with Crippen molar-refractivity contribution >= 4 is 43.0 Å². The maximum absolute atomic E-state index is 6.57. The summed E-state index contributed by atoms with van der Waals surface area (Å²) < 4.78 is 19.1. The fourth-order valence-corrected chi connectivity index (χ4v) is 21.0. The smallest absolute Gasteiger partial charge is 0.322 e. The van der Waals surface area contributed by atoms with E-state index in [2.05, 4.69) is 72.0 Å². The van der Waals surface area contributed by atoms with Crippen LogP contribution in [0.2, 0.25) is 71.5 Å². The molecule has 0 unspecified atom stereocenters. The molecule has 0 aliphatic carbocycles. The molecule has 0 atom stereocenters. The largest absolute Gasteiger partial charge is 0.433 e. The van der Waals surface area contributed by atoms with Crippen molar-refractivity contribution in [3.05, 3.63) is 11.4 Å². The van der Waals surface area contributed by atoms with E-state index in [-0.39, 0.29) is 0 Å². The van der Waals surface area contributed by atoms with Crippen molar-refractivity contribution in [3.8, 4) is 0 Å². The highest BCUT2D eigenvalue weighted by Gasteiger charge is 2.42. The highest BCUT2D eigenvalue weighted by Crippen LogP contribution is 2.25. The minimum Gasteiger partial charge on any atom is -0.433 e. The van der Waals surface area contributed by atoms with Crippen molar-refractivity contribution in [3.63, 3.8) is 0 Å². The summed E-state index contributed by atoms with van der Waals surface area (Å²) in [5.41, 5.74) is 0. The molecule has 0 aliphatic heterocycles. The molecule has 0 aromatic rings. The Hall–Kier alpha value is 0.704. The van der Waals surface area contributed by atoms with Crippen molar-refractivity contribution in [1.82, 2.24) is 0 Å². The summed E-state index contributed by atoms with van der Waals surface area (Å²) in [6.45, 7) is 27.7. The molecule has 0 spiro atoms. The summed E-state index contributed by atoms with van der Waals surface area (Å²) in [6, 6.07) is 1.22. The van der Waals surface area contributed by atoms with Gasteiger partial charge in [0.15, 0.2) is 8.32 Å². The first-order chi connectivity index (χ1) is 9.68. The average Bonchev–Trinajstić information content (AvgIpc) is 2.23. The zero-order chi connectivity index (χ0) is 17.8. The summed E-state index contributed by atoms with van der Waals surface area (Å²) in [5.74, 6) is 0. The van der Waals surface area contributed by atoms with E-state index < -0.39 is 43.0 Å². The van der Waals surface area contributed by atoms with Crippen LogP contribution in [-0.2, 0) is 12.7 Å². The van der Waals surface area contributed by atoms with Gasteiger partial charge in [-0.1, -0.05) is 31.0 Å². The molecule has 0 saturated heterocycles. The Balaban J connectivity index is 4.70. The van der Waals surface area contributed by atoms with Gasteiger partial charge in [0, 0.05) is 15.4 Å². The van der Waals surface area contributed by atoms with Gasteiger partial charge < -0.3 is 12.7 Å². The van der Waals surface area contributed by atoms with E-state index in [0.717, 1.165) is 6.61 Å². The molecule has 0 rings (SSSR count). The first kappa shape index (κ1) is 22.7. The number of rotatable bonds is 10. The lowest BCUT2D eigenvalue weighted by atomic mass is 10.9. The van der Waals surface area contributed by atoms with Gasteiger partial charge in [0.1, 0.15) is 0 Å². The van der Waals surface area contributed by atoms with Crippen LogP contribution in [0.15, 0.2) is 11.4 Å². The fraction of sp³-hybridized carbons (Fsp3) is 0.857. The lowest BCUT2D eigenvalue weighted by Gasteiger charge is -2.39. The minimum atomic E-state index is -2.19. The van der Waals surface area contributed by atoms with Crippen LogP contribution >= 0.6 is 0 Å². The van der Waals surface area contributed by atoms with Gasteiger partial charge in [-0.3, -0.25) is 0 Å². The molecule has 0 heterocycles. The highest BCUT2D eigenvalue weighted by atomic mass is 28.5. The Kier molecular flexibility index (Phi) is 8.98. The SMILES string of the molecule is C=C([SiH](C)C)[Si](C)(C)O[Si](C)(C)O[Si](C)(C)OCC[SiH](C)C. The predicted molar refractivity (Wildman–Crippen MR) is 112 cm³/mol. The monoisotopic (exact) mass is 394 g/mol. The molecular formula is C14H38O3Si5. The summed E-state index contributed by atoms with van der Waals surface area (Å²) in [7, 11) is -7.59. The minimum absolute atomic E-state index is 0.551. The van der Waals surface area contributed by atoms with E-state index in [0.29, 0.717) is 0 Å². The predicted octanol–water partition coefficient (Wildman–Crippen LogP) is 4.25. The van der Waals surface area contributed by atoms with Gasteiger partial charge in [0.2, 0.25) is 0 Å². The van der Waals surface area contributed by atoms with Gasteiger partial charge in [-0.2, -0.15) is 0 Å².